The van der Waals surface area contributed by atoms with E-state index < -0.39 is 0 Å². The summed E-state index contributed by atoms with van der Waals surface area (Å²) in [5.74, 6) is 0. The van der Waals surface area contributed by atoms with E-state index in [1.54, 1.807) is 0 Å². The number of nitrogens with zero attached hydrogens (tertiary/aromatic N) is 2. The van der Waals surface area contributed by atoms with Gasteiger partial charge in [0.1, 0.15) is 0 Å². The van der Waals surface area contributed by atoms with Crippen LogP contribution < -0.4 is 11.2 Å². The third kappa shape index (κ3) is 5.19. The molecule has 1 fully saturated rings. The molecule has 0 unspecified atom stereocenters. The fraction of sp³-hybridized carbons (Fsp3) is 0.417. The molecule has 0 spiro atoms. The molecular formula is C12H20N4Pt. The monoisotopic (exact) mass is 415 g/mol. The summed E-state index contributed by atoms with van der Waals surface area (Å²) in [6.45, 7) is 3.68. The molecule has 1 aliphatic rings. The van der Waals surface area contributed by atoms with Crippen LogP contribution in [0.2, 0.25) is 0 Å². The summed E-state index contributed by atoms with van der Waals surface area (Å²) >= 11 is 2.25. The zero-order chi connectivity index (χ0) is 12.8. The average Bonchev–Trinajstić information content (AvgIpc) is 2.58. The molecule has 0 amide bonds. The number of benzene rings is 1. The summed E-state index contributed by atoms with van der Waals surface area (Å²) in [7, 11) is 4.07. The predicted molar refractivity (Wildman–Crippen MR) is 67.6 cm³/mol. The summed E-state index contributed by atoms with van der Waals surface area (Å²) in [6.07, 6.45) is 0. The van der Waals surface area contributed by atoms with Gasteiger partial charge in [-0.05, 0) is 12.5 Å². The Hall–Kier alpha value is -0.382. The van der Waals surface area contributed by atoms with Gasteiger partial charge < -0.3 is 5.73 Å². The normalized spacial score (nSPS) is 16.9. The average molecular weight is 415 g/mol. The Morgan fingerprint density at radius 3 is 2.18 bits per heavy atom. The number of hydrazine groups is 1. The largest absolute Gasteiger partial charge is 0.326 e. The Morgan fingerprint density at radius 2 is 1.88 bits per heavy atom. The van der Waals surface area contributed by atoms with Crippen LogP contribution in [-0.4, -0.2) is 34.8 Å². The van der Waals surface area contributed by atoms with Crippen molar-refractivity contribution in [3.63, 3.8) is 0 Å². The van der Waals surface area contributed by atoms with Crippen LogP contribution in [0.4, 0.5) is 0 Å². The van der Waals surface area contributed by atoms with Gasteiger partial charge in [0.2, 0.25) is 0 Å². The van der Waals surface area contributed by atoms with Crippen molar-refractivity contribution in [2.24, 2.45) is 5.73 Å². The van der Waals surface area contributed by atoms with Gasteiger partial charge in [0.25, 0.3) is 0 Å². The summed E-state index contributed by atoms with van der Waals surface area (Å²) in [4.78, 5) is 2.14. The summed E-state index contributed by atoms with van der Waals surface area (Å²) in [5.41, 5.74) is 11.0. The maximum atomic E-state index is 5.40. The molecule has 2 rings (SSSR count). The first-order chi connectivity index (χ1) is 8.02. The van der Waals surface area contributed by atoms with E-state index in [2.05, 4.69) is 67.9 Å². The molecule has 1 aromatic rings. The maximum Gasteiger partial charge on any atom is 0.0178 e. The first-order valence-electron chi connectivity index (χ1n) is 5.47. The molecule has 0 aliphatic carbocycles. The summed E-state index contributed by atoms with van der Waals surface area (Å²) < 4.78 is 1.19. The molecule has 0 radical (unpaired) electrons. The minimum atomic E-state index is 0.639. The second-order valence-corrected chi connectivity index (χ2v) is 5.18. The van der Waals surface area contributed by atoms with Crippen LogP contribution in [0.15, 0.2) is 24.3 Å². The zero-order valence-electron chi connectivity index (χ0n) is 10.5. The molecule has 0 aromatic heterocycles. The predicted octanol–water partition coefficient (Wildman–Crippen LogP) is 0.414. The summed E-state index contributed by atoms with van der Waals surface area (Å²) in [5, 5.41) is 2.03. The van der Waals surface area contributed by atoms with Crippen LogP contribution in [-0.2, 0) is 25.9 Å². The second kappa shape index (κ2) is 7.14. The minimum absolute atomic E-state index is 0.639. The van der Waals surface area contributed by atoms with Crippen LogP contribution in [0, 0.1) is 6.92 Å². The zero-order valence-corrected chi connectivity index (χ0v) is 12.8. The van der Waals surface area contributed by atoms with Crippen LogP contribution in [0.3, 0.4) is 0 Å². The van der Waals surface area contributed by atoms with Crippen LogP contribution in [0.1, 0.15) is 11.1 Å². The Bertz CT molecular complexity index is 363. The third-order valence-corrected chi connectivity index (χ3v) is 3.49. The first kappa shape index (κ1) is 14.7. The van der Waals surface area contributed by atoms with E-state index in [-0.39, 0.29) is 0 Å². The molecule has 0 saturated carbocycles. The molecular weight excluding hydrogens is 395 g/mol. The van der Waals surface area contributed by atoms with E-state index in [1.807, 2.05) is 12.1 Å². The molecule has 98 valence electrons. The van der Waals surface area contributed by atoms with Gasteiger partial charge >= 0.3 is 59.6 Å². The van der Waals surface area contributed by atoms with E-state index in [0.717, 1.165) is 6.67 Å². The number of aryl methyl sites for hydroxylation is 1. The van der Waals surface area contributed by atoms with Crippen molar-refractivity contribution in [3.05, 3.63) is 35.4 Å². The Kier molecular flexibility index (Phi) is 6.17. The minimum Gasteiger partial charge on any atom is -0.326 e. The quantitative estimate of drug-likeness (QED) is 0.698. The van der Waals surface area contributed by atoms with Gasteiger partial charge in [-0.3, -0.25) is 0 Å². The Balaban J connectivity index is 0.000000171. The number of nitrogens with one attached hydrogen (secondary N) is 1. The van der Waals surface area contributed by atoms with E-state index in [1.165, 1.54) is 15.3 Å². The van der Waals surface area contributed by atoms with Gasteiger partial charge in [-0.1, -0.05) is 29.8 Å². The van der Waals surface area contributed by atoms with Gasteiger partial charge in [0.15, 0.2) is 0 Å². The Labute approximate surface area is 114 Å². The van der Waals surface area contributed by atoms with Crippen molar-refractivity contribution < 1.29 is 19.4 Å². The van der Waals surface area contributed by atoms with Crippen molar-refractivity contribution in [2.75, 3.05) is 20.8 Å². The molecule has 3 N–H and O–H groups in total. The molecule has 5 heteroatoms. The number of nitrogens with two attached hydrogens (primary N) is 1. The third-order valence-electron chi connectivity index (χ3n) is 2.37. The number of hydrogen-bond donors (Lipinski definition) is 2. The van der Waals surface area contributed by atoms with Crippen LogP contribution in [0.25, 0.3) is 0 Å². The standard InChI is InChI=1S/C8H11N.C4H9N3.Pt/c1-7-2-4-8(6-9)5-3-7;1-6-3-5-7(2)4-6;/h2-5H,6,9H2,1H3;5H,4H2,1-2H3;. The Morgan fingerprint density at radius 1 is 1.29 bits per heavy atom. The van der Waals surface area contributed by atoms with Crippen molar-refractivity contribution in [1.82, 2.24) is 15.3 Å². The van der Waals surface area contributed by atoms with Gasteiger partial charge in [0, 0.05) is 6.54 Å². The molecule has 4 nitrogen and oxygen atoms in total. The molecule has 1 aromatic carbocycles. The fourth-order valence-electron chi connectivity index (χ4n) is 1.37. The SMILES string of the molecule is CN1CN(C)[C](=[Pt])N1.Cc1ccc(CN)cc1. The van der Waals surface area contributed by atoms with E-state index in [9.17, 15) is 0 Å². The molecule has 17 heavy (non-hydrogen) atoms. The van der Waals surface area contributed by atoms with Gasteiger partial charge in [-0.2, -0.15) is 0 Å². The summed E-state index contributed by atoms with van der Waals surface area (Å²) in [6, 6.07) is 8.25. The fourth-order valence-corrected chi connectivity index (χ4v) is 1.96. The van der Waals surface area contributed by atoms with Crippen molar-refractivity contribution in [2.45, 2.75) is 13.5 Å². The van der Waals surface area contributed by atoms with Crippen LogP contribution >= 0.6 is 0 Å². The molecule has 1 heterocycles. The van der Waals surface area contributed by atoms with E-state index >= 15 is 0 Å². The topological polar surface area (TPSA) is 44.5 Å². The van der Waals surface area contributed by atoms with Crippen molar-refractivity contribution in [3.8, 4) is 0 Å². The maximum absolute atomic E-state index is 5.40. The van der Waals surface area contributed by atoms with Gasteiger partial charge in [-0.15, -0.1) is 0 Å². The smallest absolute Gasteiger partial charge is 0.0178 e. The number of rotatable bonds is 1. The molecule has 1 aliphatic heterocycles. The van der Waals surface area contributed by atoms with E-state index in [0.29, 0.717) is 6.54 Å². The van der Waals surface area contributed by atoms with Crippen molar-refractivity contribution in [1.29, 1.82) is 0 Å². The first-order valence-corrected chi connectivity index (χ1v) is 6.60. The van der Waals surface area contributed by atoms with Gasteiger partial charge in [-0.25, -0.2) is 0 Å². The number of hydrogen-bond acceptors (Lipinski definition) is 4. The van der Waals surface area contributed by atoms with Crippen LogP contribution in [0.5, 0.6) is 0 Å². The second-order valence-electron chi connectivity index (χ2n) is 4.10. The molecule has 0 bridgehead atoms. The van der Waals surface area contributed by atoms with E-state index in [4.69, 9.17) is 5.73 Å². The molecule has 1 saturated heterocycles. The van der Waals surface area contributed by atoms with Gasteiger partial charge in [0.05, 0.1) is 0 Å². The van der Waals surface area contributed by atoms with Crippen molar-refractivity contribution >= 4 is 4.15 Å². The molecule has 0 atom stereocenters.